The highest BCUT2D eigenvalue weighted by Crippen LogP contribution is 2.13. The first-order valence-electron chi connectivity index (χ1n) is 7.27. The second-order valence-electron chi connectivity index (χ2n) is 5.09. The van der Waals surface area contributed by atoms with Crippen molar-refractivity contribution in [2.75, 3.05) is 7.05 Å². The van der Waals surface area contributed by atoms with Gasteiger partial charge in [-0.2, -0.15) is 0 Å². The van der Waals surface area contributed by atoms with E-state index in [1.54, 1.807) is 23.5 Å². The molecular weight excluding hydrogens is 332 g/mol. The number of benzene rings is 1. The van der Waals surface area contributed by atoms with Gasteiger partial charge in [-0.25, -0.2) is 13.1 Å². The zero-order valence-electron chi connectivity index (χ0n) is 12.9. The largest absolute Gasteiger partial charge is 0.352 e. The van der Waals surface area contributed by atoms with Gasteiger partial charge in [0.2, 0.25) is 15.9 Å². The van der Waals surface area contributed by atoms with Gasteiger partial charge in [-0.3, -0.25) is 4.79 Å². The van der Waals surface area contributed by atoms with Gasteiger partial charge in [0.1, 0.15) is 0 Å². The Kier molecular flexibility index (Phi) is 6.32. The van der Waals surface area contributed by atoms with Crippen LogP contribution in [0, 0.1) is 0 Å². The molecule has 2 N–H and O–H groups in total. The van der Waals surface area contributed by atoms with Crippen LogP contribution >= 0.6 is 11.3 Å². The maximum atomic E-state index is 11.9. The summed E-state index contributed by atoms with van der Waals surface area (Å²) in [5.41, 5.74) is 1.51. The van der Waals surface area contributed by atoms with Crippen LogP contribution in [0.15, 0.2) is 41.8 Å². The number of rotatable bonds is 8. The summed E-state index contributed by atoms with van der Waals surface area (Å²) >= 11 is 1.64. The van der Waals surface area contributed by atoms with Crippen molar-refractivity contribution in [1.82, 2.24) is 10.0 Å². The van der Waals surface area contributed by atoms with Crippen LogP contribution < -0.4 is 10.0 Å². The van der Waals surface area contributed by atoms with Crippen LogP contribution in [0.25, 0.3) is 0 Å². The lowest BCUT2D eigenvalue weighted by Crippen LogP contribution is -2.25. The molecular formula is C16H20N2O3S2. The average molecular weight is 352 g/mol. The second kappa shape index (κ2) is 8.24. The van der Waals surface area contributed by atoms with Gasteiger partial charge in [-0.1, -0.05) is 30.3 Å². The summed E-state index contributed by atoms with van der Waals surface area (Å²) in [6.07, 6.45) is 1.15. The van der Waals surface area contributed by atoms with Crippen LogP contribution in [0.5, 0.6) is 0 Å². The summed E-state index contributed by atoms with van der Waals surface area (Å²) < 4.78 is 25.7. The van der Waals surface area contributed by atoms with Crippen LogP contribution in [-0.2, 0) is 33.5 Å². The average Bonchev–Trinajstić information content (AvgIpc) is 3.05. The Bertz CT molecular complexity index is 740. The molecule has 2 rings (SSSR count). The fourth-order valence-electron chi connectivity index (χ4n) is 2.12. The molecule has 0 fully saturated rings. The first-order chi connectivity index (χ1) is 11.0. The Morgan fingerprint density at radius 3 is 2.52 bits per heavy atom. The Hall–Kier alpha value is -1.70. The van der Waals surface area contributed by atoms with E-state index in [-0.39, 0.29) is 11.7 Å². The summed E-state index contributed by atoms with van der Waals surface area (Å²) in [6, 6.07) is 11.2. The molecule has 0 aliphatic carbocycles. The Morgan fingerprint density at radius 2 is 1.87 bits per heavy atom. The fraction of sp³-hybridized carbons (Fsp3) is 0.312. The van der Waals surface area contributed by atoms with E-state index in [0.29, 0.717) is 18.5 Å². The monoisotopic (exact) mass is 352 g/mol. The zero-order chi connectivity index (χ0) is 16.7. The van der Waals surface area contributed by atoms with Crippen molar-refractivity contribution in [2.24, 2.45) is 0 Å². The quantitative estimate of drug-likeness (QED) is 0.763. The van der Waals surface area contributed by atoms with Crippen LogP contribution in [0.3, 0.4) is 0 Å². The first-order valence-corrected chi connectivity index (χ1v) is 9.80. The molecule has 1 heterocycles. The smallest absolute Gasteiger partial charge is 0.220 e. The van der Waals surface area contributed by atoms with E-state index in [1.165, 1.54) is 11.9 Å². The number of carbonyl (C=O) groups is 1. The van der Waals surface area contributed by atoms with E-state index >= 15 is 0 Å². The van der Waals surface area contributed by atoms with Crippen LogP contribution in [0.1, 0.15) is 22.4 Å². The summed E-state index contributed by atoms with van der Waals surface area (Å²) in [5.74, 6) is -0.130. The molecule has 0 unspecified atom stereocenters. The third-order valence-electron chi connectivity index (χ3n) is 3.43. The van der Waals surface area contributed by atoms with E-state index in [4.69, 9.17) is 0 Å². The predicted octanol–water partition coefficient (Wildman–Crippen LogP) is 2.05. The van der Waals surface area contributed by atoms with E-state index in [9.17, 15) is 13.2 Å². The maximum Gasteiger partial charge on any atom is 0.220 e. The number of hydrogen-bond acceptors (Lipinski definition) is 4. The molecule has 1 aromatic heterocycles. The normalized spacial score (nSPS) is 11.3. The number of sulfonamides is 1. The molecule has 0 saturated carbocycles. The number of carbonyl (C=O) groups excluding carboxylic acids is 1. The molecule has 0 saturated heterocycles. The number of aryl methyl sites for hydroxylation is 1. The Labute approximate surface area is 140 Å². The fourth-order valence-corrected chi connectivity index (χ4v) is 3.67. The topological polar surface area (TPSA) is 75.3 Å². The molecule has 0 aliphatic heterocycles. The molecule has 0 spiro atoms. The van der Waals surface area contributed by atoms with Crippen molar-refractivity contribution in [3.63, 3.8) is 0 Å². The summed E-state index contributed by atoms with van der Waals surface area (Å²) in [6.45, 7) is 0.332. The lowest BCUT2D eigenvalue weighted by atomic mass is 10.1. The van der Waals surface area contributed by atoms with Gasteiger partial charge in [0.15, 0.2) is 0 Å². The van der Waals surface area contributed by atoms with Gasteiger partial charge in [-0.05, 0) is 36.0 Å². The molecule has 1 amide bonds. The maximum absolute atomic E-state index is 11.9. The molecule has 0 bridgehead atoms. The molecule has 7 heteroatoms. The third-order valence-corrected chi connectivity index (χ3v) is 5.68. The van der Waals surface area contributed by atoms with E-state index in [2.05, 4.69) is 10.0 Å². The van der Waals surface area contributed by atoms with Crippen molar-refractivity contribution in [3.05, 3.63) is 57.8 Å². The van der Waals surface area contributed by atoms with Crippen molar-refractivity contribution in [1.29, 1.82) is 0 Å². The zero-order valence-corrected chi connectivity index (χ0v) is 14.5. The van der Waals surface area contributed by atoms with E-state index in [1.807, 2.05) is 29.6 Å². The second-order valence-corrected chi connectivity index (χ2v) is 8.05. The minimum Gasteiger partial charge on any atom is -0.352 e. The highest BCUT2D eigenvalue weighted by atomic mass is 32.2. The van der Waals surface area contributed by atoms with Crippen LogP contribution in [0.2, 0.25) is 0 Å². The minimum atomic E-state index is -3.33. The lowest BCUT2D eigenvalue weighted by Gasteiger charge is -2.11. The first kappa shape index (κ1) is 17.7. The summed E-state index contributed by atoms with van der Waals surface area (Å²) in [5, 5.41) is 4.85. The van der Waals surface area contributed by atoms with Gasteiger partial charge in [-0.15, -0.1) is 11.3 Å². The molecule has 2 aromatic rings. The lowest BCUT2D eigenvalue weighted by molar-refractivity contribution is -0.121. The number of hydrogen-bond donors (Lipinski definition) is 2. The highest BCUT2D eigenvalue weighted by molar-refractivity contribution is 7.88. The van der Waals surface area contributed by atoms with Crippen LogP contribution in [-0.4, -0.2) is 21.4 Å². The molecule has 5 nitrogen and oxygen atoms in total. The SMILES string of the molecule is CNS(=O)(=O)Cc1ccccc1CNC(=O)CCc1cccs1. The van der Waals surface area contributed by atoms with E-state index in [0.717, 1.165) is 12.0 Å². The van der Waals surface area contributed by atoms with Gasteiger partial charge in [0.25, 0.3) is 0 Å². The highest BCUT2D eigenvalue weighted by Gasteiger charge is 2.12. The van der Waals surface area contributed by atoms with Crippen LogP contribution in [0.4, 0.5) is 0 Å². The minimum absolute atomic E-state index is 0.0373. The molecule has 0 radical (unpaired) electrons. The standard InChI is InChI=1S/C16H20N2O3S2/c1-17-23(20,21)12-14-6-3-2-5-13(14)11-18-16(19)9-8-15-7-4-10-22-15/h2-7,10,17H,8-9,11-12H2,1H3,(H,18,19). The number of amides is 1. The summed E-state index contributed by atoms with van der Waals surface area (Å²) in [7, 11) is -1.94. The molecule has 23 heavy (non-hydrogen) atoms. The number of thiophene rings is 1. The van der Waals surface area contributed by atoms with Gasteiger partial charge in [0, 0.05) is 17.8 Å². The molecule has 0 atom stereocenters. The van der Waals surface area contributed by atoms with Gasteiger partial charge < -0.3 is 5.32 Å². The predicted molar refractivity (Wildman–Crippen MR) is 92.6 cm³/mol. The van der Waals surface area contributed by atoms with Gasteiger partial charge >= 0.3 is 0 Å². The Morgan fingerprint density at radius 1 is 1.13 bits per heavy atom. The van der Waals surface area contributed by atoms with Crippen molar-refractivity contribution in [3.8, 4) is 0 Å². The van der Waals surface area contributed by atoms with Crippen molar-refractivity contribution < 1.29 is 13.2 Å². The van der Waals surface area contributed by atoms with Gasteiger partial charge in [0.05, 0.1) is 5.75 Å². The number of nitrogens with one attached hydrogen (secondary N) is 2. The Balaban J connectivity index is 1.91. The van der Waals surface area contributed by atoms with E-state index < -0.39 is 10.0 Å². The molecule has 1 aromatic carbocycles. The van der Waals surface area contributed by atoms with Crippen molar-refractivity contribution >= 4 is 27.3 Å². The molecule has 0 aliphatic rings. The third kappa shape index (κ3) is 5.78. The molecule has 124 valence electrons. The van der Waals surface area contributed by atoms with Crippen molar-refractivity contribution in [2.45, 2.75) is 25.1 Å². The summed E-state index contributed by atoms with van der Waals surface area (Å²) in [4.78, 5) is 13.1.